The molecule has 0 amide bonds. The van der Waals surface area contributed by atoms with Crippen LogP contribution in [0.3, 0.4) is 0 Å². The number of rotatable bonds is 8. The molecule has 0 bridgehead atoms. The van der Waals surface area contributed by atoms with Crippen molar-refractivity contribution >= 4 is 46.2 Å². The molecular weight excluding hydrogens is 1130 g/mol. The predicted molar refractivity (Wildman–Crippen MR) is 325 cm³/mol. The number of phenolic OH excluding ortho intramolecular Hbond substituents is 1. The van der Waals surface area contributed by atoms with E-state index in [1.807, 2.05) is 6.20 Å². The molecule has 1 aliphatic rings. The van der Waals surface area contributed by atoms with Crippen LogP contribution in [-0.4, -0.2) is 26.6 Å². The minimum atomic E-state index is -0.350. The first kappa shape index (κ1) is 53.9. The maximum atomic E-state index is 12.7. The molecule has 1 N–H and O–H groups in total. The normalized spacial score (nSPS) is 13.0. The number of phenols is 1. The molecule has 0 atom stereocenters. The number of para-hydroxylation sites is 5. The van der Waals surface area contributed by atoms with Crippen LogP contribution >= 0.6 is 0 Å². The second kappa shape index (κ2) is 20.4. The Morgan fingerprint density at radius 1 is 0.462 bits per heavy atom. The second-order valence-electron chi connectivity index (χ2n) is 24.9. The molecule has 8 aromatic carbocycles. The number of hydrogen-bond acceptors (Lipinski definition) is 5. The van der Waals surface area contributed by atoms with Gasteiger partial charge in [-0.1, -0.05) is 203 Å². The zero-order chi connectivity index (χ0) is 54.2. The van der Waals surface area contributed by atoms with Crippen LogP contribution in [0.15, 0.2) is 194 Å². The Morgan fingerprint density at radius 3 is 1.58 bits per heavy atom. The second-order valence-corrected chi connectivity index (χ2v) is 24.9. The summed E-state index contributed by atoms with van der Waals surface area (Å²) in [6.07, 6.45) is 1.95. The van der Waals surface area contributed by atoms with E-state index in [-0.39, 0.29) is 55.5 Å². The maximum Gasteiger partial charge on any atom is 0.420 e. The smallest absolute Gasteiger partial charge is 0.420 e. The summed E-state index contributed by atoms with van der Waals surface area (Å²) in [7, 11) is 0. The SMILES string of the molecule is CC(C)(C)c1cc(-c2cc(B3N(c4ccccc4)c4ccccc4N3c3ccccc3)ccn2)[c-]c(-c2cccc3c2nc(-c2cc(C(C)(C)C)cc(C(C)(C)C)c2O)n3-c2ccc(C(C)(C)C)cc2-c2ccccc2)c1.[Pt]. The van der Waals surface area contributed by atoms with Gasteiger partial charge in [0.1, 0.15) is 11.6 Å². The van der Waals surface area contributed by atoms with Gasteiger partial charge in [0, 0.05) is 55.5 Å². The molecule has 0 unspecified atom stereocenters. The van der Waals surface area contributed by atoms with Gasteiger partial charge in [0.05, 0.1) is 33.7 Å². The number of pyridine rings is 1. The van der Waals surface area contributed by atoms with Gasteiger partial charge in [-0.05, 0) is 111 Å². The monoisotopic (exact) mass is 1200 g/mol. The van der Waals surface area contributed by atoms with E-state index in [1.54, 1.807) is 0 Å². The van der Waals surface area contributed by atoms with Gasteiger partial charge < -0.3 is 14.7 Å². The van der Waals surface area contributed by atoms with Gasteiger partial charge in [0.15, 0.2) is 0 Å². The molecule has 10 aromatic rings. The number of anilines is 4. The van der Waals surface area contributed by atoms with E-state index >= 15 is 0 Å². The van der Waals surface area contributed by atoms with Gasteiger partial charge in [-0.2, -0.15) is 0 Å². The third kappa shape index (κ3) is 10.0. The Labute approximate surface area is 477 Å². The van der Waals surface area contributed by atoms with Crippen molar-refractivity contribution in [2.75, 3.05) is 9.62 Å². The summed E-state index contributed by atoms with van der Waals surface area (Å²) in [4.78, 5) is 15.8. The quantitative estimate of drug-likeness (QED) is 0.121. The number of benzene rings is 8. The summed E-state index contributed by atoms with van der Waals surface area (Å²) in [5.41, 5.74) is 18.3. The van der Waals surface area contributed by atoms with E-state index in [0.29, 0.717) is 11.4 Å². The summed E-state index contributed by atoms with van der Waals surface area (Å²) in [5.74, 6) is 0.917. The van der Waals surface area contributed by atoms with E-state index < -0.39 is 0 Å². The van der Waals surface area contributed by atoms with Crippen LogP contribution in [0.4, 0.5) is 22.7 Å². The minimum Gasteiger partial charge on any atom is -0.507 e. The molecule has 0 spiro atoms. The molecule has 394 valence electrons. The van der Waals surface area contributed by atoms with E-state index in [4.69, 9.17) is 9.97 Å². The molecule has 11 rings (SSSR count). The molecule has 0 aliphatic carbocycles. The topological polar surface area (TPSA) is 57.4 Å². The number of imidazole rings is 1. The van der Waals surface area contributed by atoms with E-state index in [2.05, 4.69) is 291 Å². The van der Waals surface area contributed by atoms with Gasteiger partial charge in [-0.25, -0.2) is 4.98 Å². The van der Waals surface area contributed by atoms with Crippen LogP contribution in [0.2, 0.25) is 0 Å². The average Bonchev–Trinajstić information content (AvgIpc) is 4.11. The number of aromatic hydroxyl groups is 1. The Bertz CT molecular complexity index is 3760. The molecule has 0 saturated heterocycles. The summed E-state index contributed by atoms with van der Waals surface area (Å²) >= 11 is 0. The fourth-order valence-electron chi connectivity index (χ4n) is 10.9. The van der Waals surface area contributed by atoms with Crippen LogP contribution in [0.5, 0.6) is 5.75 Å². The summed E-state index contributed by atoms with van der Waals surface area (Å²) in [5, 5.41) is 12.7. The van der Waals surface area contributed by atoms with E-state index in [1.165, 1.54) is 5.56 Å². The maximum absolute atomic E-state index is 12.7. The first-order valence-corrected chi connectivity index (χ1v) is 27.1. The Hall–Kier alpha value is -7.47. The van der Waals surface area contributed by atoms with Gasteiger partial charge in [-0.3, -0.25) is 9.55 Å². The largest absolute Gasteiger partial charge is 0.507 e. The molecule has 2 aromatic heterocycles. The fourth-order valence-corrected chi connectivity index (χ4v) is 10.9. The van der Waals surface area contributed by atoms with E-state index in [9.17, 15) is 5.11 Å². The summed E-state index contributed by atoms with van der Waals surface area (Å²) in [6, 6.07) is 71.3. The standard InChI is InChI=1S/C70H69BN5O.Pt/c1-67(2,3)49-35-36-60(56(42-49)46-25-16-13-17-26-46)74-63-34-24-31-55(64(63)73-66(74)57-43-51(69(7,8)9)44-58(65(57)77)70(10,11)12)47-39-48(41-50(40-47)68(4,5)6)59-45-52(37-38-72-59)71-75(53-27-18-14-19-28-53)61-32-22-23-33-62(61)76(71)54-29-20-15-21-30-54;/h13-38,40-45,77H,1-12H3;/q-1;. The number of aromatic nitrogens is 3. The van der Waals surface area contributed by atoms with Gasteiger partial charge >= 0.3 is 6.98 Å². The number of nitrogens with zero attached hydrogens (tertiary/aromatic N) is 5. The van der Waals surface area contributed by atoms with Crippen LogP contribution < -0.4 is 15.1 Å². The van der Waals surface area contributed by atoms with Gasteiger partial charge in [0.2, 0.25) is 0 Å². The molecular formula is C70H69BN5OPt-. The predicted octanol–water partition coefficient (Wildman–Crippen LogP) is 17.5. The molecule has 8 heteroatoms. The fraction of sp³-hybridized carbons (Fsp3) is 0.229. The Balaban J connectivity index is 0.00000688. The van der Waals surface area contributed by atoms with Crippen LogP contribution in [0.25, 0.3) is 61.6 Å². The zero-order valence-electron chi connectivity index (χ0n) is 47.1. The van der Waals surface area contributed by atoms with Crippen molar-refractivity contribution in [2.45, 2.75) is 105 Å². The molecule has 0 fully saturated rings. The van der Waals surface area contributed by atoms with Crippen molar-refractivity contribution in [2.24, 2.45) is 0 Å². The number of hydrogen-bond donors (Lipinski definition) is 1. The average molecular weight is 1200 g/mol. The Morgan fingerprint density at radius 2 is 1.00 bits per heavy atom. The first-order chi connectivity index (χ1) is 36.6. The van der Waals surface area contributed by atoms with Crippen molar-refractivity contribution in [3.63, 3.8) is 0 Å². The van der Waals surface area contributed by atoms with Crippen molar-refractivity contribution in [1.82, 2.24) is 14.5 Å². The van der Waals surface area contributed by atoms with Crippen LogP contribution in [0.1, 0.15) is 105 Å². The van der Waals surface area contributed by atoms with Crippen molar-refractivity contribution in [3.8, 4) is 56.3 Å². The van der Waals surface area contributed by atoms with Crippen molar-refractivity contribution < 1.29 is 26.2 Å². The van der Waals surface area contributed by atoms with Crippen molar-refractivity contribution in [1.29, 1.82) is 0 Å². The molecule has 78 heavy (non-hydrogen) atoms. The first-order valence-electron chi connectivity index (χ1n) is 27.1. The summed E-state index contributed by atoms with van der Waals surface area (Å²) < 4.78 is 2.29. The van der Waals surface area contributed by atoms with Crippen LogP contribution in [0, 0.1) is 6.07 Å². The third-order valence-corrected chi connectivity index (χ3v) is 15.2. The molecule has 0 radical (unpaired) electrons. The molecule has 6 nitrogen and oxygen atoms in total. The van der Waals surface area contributed by atoms with Crippen molar-refractivity contribution in [3.05, 3.63) is 223 Å². The zero-order valence-corrected chi connectivity index (χ0v) is 49.3. The Kier molecular flexibility index (Phi) is 14.1. The van der Waals surface area contributed by atoms with Crippen LogP contribution in [-0.2, 0) is 42.7 Å². The molecule has 0 saturated carbocycles. The number of fused-ring (bicyclic) bond motifs is 2. The summed E-state index contributed by atoms with van der Waals surface area (Å²) in [6.45, 7) is 26.6. The third-order valence-electron chi connectivity index (χ3n) is 15.2. The van der Waals surface area contributed by atoms with Gasteiger partial charge in [0.25, 0.3) is 0 Å². The molecule has 1 aliphatic heterocycles. The van der Waals surface area contributed by atoms with Gasteiger partial charge in [-0.15, -0.1) is 29.3 Å². The molecule has 3 heterocycles. The minimum absolute atomic E-state index is 0. The van der Waals surface area contributed by atoms with E-state index in [0.717, 1.165) is 95.1 Å².